The summed E-state index contributed by atoms with van der Waals surface area (Å²) in [5.41, 5.74) is 1.94. The van der Waals surface area contributed by atoms with Gasteiger partial charge < -0.3 is 14.0 Å². The number of rotatable bonds is 6. The van der Waals surface area contributed by atoms with Crippen LogP contribution < -0.4 is 4.74 Å². The molecule has 0 atom stereocenters. The second-order valence-corrected chi connectivity index (χ2v) is 6.04. The number of nitrogens with zero attached hydrogens (tertiary/aromatic N) is 1. The van der Waals surface area contributed by atoms with Crippen LogP contribution in [-0.4, -0.2) is 24.5 Å². The van der Waals surface area contributed by atoms with E-state index < -0.39 is 0 Å². The SMILES string of the molecule is COc1cccc(-c2cc(COC(=O)c3ccccc3SC)no2)c1. The van der Waals surface area contributed by atoms with Crippen LogP contribution in [0.3, 0.4) is 0 Å². The Hall–Kier alpha value is -2.73. The molecule has 5 nitrogen and oxygen atoms in total. The first-order chi connectivity index (χ1) is 12.2. The molecule has 0 spiro atoms. The molecule has 0 aliphatic carbocycles. The van der Waals surface area contributed by atoms with Crippen molar-refractivity contribution in [2.45, 2.75) is 11.5 Å². The largest absolute Gasteiger partial charge is 0.497 e. The molecule has 2 aromatic carbocycles. The van der Waals surface area contributed by atoms with Crippen molar-refractivity contribution in [3.63, 3.8) is 0 Å². The summed E-state index contributed by atoms with van der Waals surface area (Å²) in [5, 5.41) is 3.96. The first-order valence-corrected chi connectivity index (χ1v) is 8.84. The third-order valence-electron chi connectivity index (χ3n) is 3.59. The van der Waals surface area contributed by atoms with E-state index in [1.807, 2.05) is 48.7 Å². The van der Waals surface area contributed by atoms with E-state index >= 15 is 0 Å². The van der Waals surface area contributed by atoms with Crippen LogP contribution in [0, 0.1) is 0 Å². The number of hydrogen-bond donors (Lipinski definition) is 0. The molecule has 0 amide bonds. The quantitative estimate of drug-likeness (QED) is 0.481. The summed E-state index contributed by atoms with van der Waals surface area (Å²) in [6.45, 7) is 0.0506. The first-order valence-electron chi connectivity index (χ1n) is 7.61. The fraction of sp³-hybridized carbons (Fsp3) is 0.158. The summed E-state index contributed by atoms with van der Waals surface area (Å²) >= 11 is 1.50. The van der Waals surface area contributed by atoms with Gasteiger partial charge in [-0.15, -0.1) is 11.8 Å². The van der Waals surface area contributed by atoms with Gasteiger partial charge in [-0.1, -0.05) is 29.4 Å². The van der Waals surface area contributed by atoms with Gasteiger partial charge in [-0.05, 0) is 30.5 Å². The molecule has 0 saturated heterocycles. The normalized spacial score (nSPS) is 10.5. The monoisotopic (exact) mass is 355 g/mol. The van der Waals surface area contributed by atoms with Crippen molar-refractivity contribution >= 4 is 17.7 Å². The molecule has 1 aromatic heterocycles. The number of aromatic nitrogens is 1. The minimum absolute atomic E-state index is 0.0506. The van der Waals surface area contributed by atoms with Crippen molar-refractivity contribution in [2.24, 2.45) is 0 Å². The second kappa shape index (κ2) is 7.90. The molecule has 0 saturated carbocycles. The Morgan fingerprint density at radius 3 is 2.80 bits per heavy atom. The summed E-state index contributed by atoms with van der Waals surface area (Å²) in [6.07, 6.45) is 1.92. The summed E-state index contributed by atoms with van der Waals surface area (Å²) < 4.78 is 15.9. The Kier molecular flexibility index (Phi) is 5.40. The number of esters is 1. The van der Waals surface area contributed by atoms with Crippen LogP contribution >= 0.6 is 11.8 Å². The van der Waals surface area contributed by atoms with E-state index in [9.17, 15) is 4.79 Å². The molecular weight excluding hydrogens is 338 g/mol. The first kappa shape index (κ1) is 17.1. The van der Waals surface area contributed by atoms with E-state index in [2.05, 4.69) is 5.16 Å². The van der Waals surface area contributed by atoms with E-state index in [1.165, 1.54) is 11.8 Å². The molecule has 0 radical (unpaired) electrons. The standard InChI is InChI=1S/C19H17NO4S/c1-22-15-7-5-6-13(10-15)17-11-14(20-24-17)12-23-19(21)16-8-3-4-9-18(16)25-2/h3-11H,12H2,1-2H3. The van der Waals surface area contributed by atoms with Gasteiger partial charge in [0.25, 0.3) is 0 Å². The van der Waals surface area contributed by atoms with Crippen LogP contribution in [0.1, 0.15) is 16.1 Å². The number of ether oxygens (including phenoxy) is 2. The molecule has 0 aliphatic heterocycles. The highest BCUT2D eigenvalue weighted by Crippen LogP contribution is 2.25. The minimum Gasteiger partial charge on any atom is -0.497 e. The summed E-state index contributed by atoms with van der Waals surface area (Å²) in [7, 11) is 1.61. The third-order valence-corrected chi connectivity index (χ3v) is 4.39. The van der Waals surface area contributed by atoms with Crippen LogP contribution in [0.5, 0.6) is 5.75 Å². The molecule has 0 unspecified atom stereocenters. The van der Waals surface area contributed by atoms with Gasteiger partial charge in [-0.2, -0.15) is 0 Å². The molecule has 0 N–H and O–H groups in total. The lowest BCUT2D eigenvalue weighted by Gasteiger charge is -2.06. The van der Waals surface area contributed by atoms with Crippen molar-refractivity contribution in [1.29, 1.82) is 0 Å². The molecule has 0 fully saturated rings. The molecular formula is C19H17NO4S. The zero-order valence-electron chi connectivity index (χ0n) is 13.9. The van der Waals surface area contributed by atoms with Crippen LogP contribution in [0.2, 0.25) is 0 Å². The number of hydrogen-bond acceptors (Lipinski definition) is 6. The summed E-state index contributed by atoms with van der Waals surface area (Å²) in [6, 6.07) is 16.6. The molecule has 3 rings (SSSR count). The fourth-order valence-electron chi connectivity index (χ4n) is 2.32. The lowest BCUT2D eigenvalue weighted by molar-refractivity contribution is 0.0460. The second-order valence-electron chi connectivity index (χ2n) is 5.19. The Morgan fingerprint density at radius 2 is 2.00 bits per heavy atom. The molecule has 25 heavy (non-hydrogen) atoms. The highest BCUT2D eigenvalue weighted by molar-refractivity contribution is 7.98. The van der Waals surface area contributed by atoms with Crippen LogP contribution in [-0.2, 0) is 11.3 Å². The third kappa shape index (κ3) is 4.03. The van der Waals surface area contributed by atoms with Crippen LogP contribution in [0.25, 0.3) is 11.3 Å². The van der Waals surface area contributed by atoms with Gasteiger partial charge in [-0.3, -0.25) is 0 Å². The Morgan fingerprint density at radius 1 is 1.16 bits per heavy atom. The Bertz CT molecular complexity index is 875. The number of carbonyl (C=O) groups is 1. The molecule has 0 bridgehead atoms. The number of methoxy groups -OCH3 is 1. The van der Waals surface area contributed by atoms with Gasteiger partial charge in [0.15, 0.2) is 5.76 Å². The van der Waals surface area contributed by atoms with Crippen molar-refractivity contribution in [3.8, 4) is 17.1 Å². The summed E-state index contributed by atoms with van der Waals surface area (Å²) in [5.74, 6) is 0.945. The van der Waals surface area contributed by atoms with Gasteiger partial charge in [0.05, 0.1) is 12.7 Å². The minimum atomic E-state index is -0.379. The number of benzene rings is 2. The van der Waals surface area contributed by atoms with Crippen molar-refractivity contribution < 1.29 is 18.8 Å². The molecule has 128 valence electrons. The van der Waals surface area contributed by atoms with E-state index in [0.29, 0.717) is 17.0 Å². The number of carbonyl (C=O) groups excluding carboxylic acids is 1. The van der Waals surface area contributed by atoms with Gasteiger partial charge in [-0.25, -0.2) is 4.79 Å². The van der Waals surface area contributed by atoms with Crippen molar-refractivity contribution in [1.82, 2.24) is 5.16 Å². The highest BCUT2D eigenvalue weighted by Gasteiger charge is 2.14. The lowest BCUT2D eigenvalue weighted by atomic mass is 10.1. The average Bonchev–Trinajstić information content (AvgIpc) is 3.15. The van der Waals surface area contributed by atoms with Crippen molar-refractivity contribution in [2.75, 3.05) is 13.4 Å². The number of thioether (sulfide) groups is 1. The topological polar surface area (TPSA) is 61.6 Å². The highest BCUT2D eigenvalue weighted by atomic mass is 32.2. The van der Waals surface area contributed by atoms with Gasteiger partial charge in [0.1, 0.15) is 18.1 Å². The maximum absolute atomic E-state index is 12.2. The van der Waals surface area contributed by atoms with Gasteiger partial charge in [0.2, 0.25) is 0 Å². The van der Waals surface area contributed by atoms with E-state index in [0.717, 1.165) is 16.2 Å². The van der Waals surface area contributed by atoms with Gasteiger partial charge >= 0.3 is 5.97 Å². The predicted molar refractivity (Wildman–Crippen MR) is 95.8 cm³/mol. The van der Waals surface area contributed by atoms with E-state index in [-0.39, 0.29) is 12.6 Å². The molecule has 6 heteroatoms. The molecule has 0 aliphatic rings. The lowest BCUT2D eigenvalue weighted by Crippen LogP contribution is -2.06. The van der Waals surface area contributed by atoms with Crippen molar-refractivity contribution in [3.05, 3.63) is 65.9 Å². The van der Waals surface area contributed by atoms with E-state index in [1.54, 1.807) is 19.2 Å². The van der Waals surface area contributed by atoms with E-state index in [4.69, 9.17) is 14.0 Å². The Balaban J connectivity index is 1.68. The smallest absolute Gasteiger partial charge is 0.339 e. The summed E-state index contributed by atoms with van der Waals surface area (Å²) in [4.78, 5) is 13.1. The molecule has 3 aromatic rings. The Labute approximate surface area is 149 Å². The molecule has 1 heterocycles. The van der Waals surface area contributed by atoms with Crippen LogP contribution in [0.4, 0.5) is 0 Å². The fourth-order valence-corrected chi connectivity index (χ4v) is 2.91. The predicted octanol–water partition coefficient (Wildman–Crippen LogP) is 4.43. The van der Waals surface area contributed by atoms with Gasteiger partial charge in [0, 0.05) is 16.5 Å². The maximum Gasteiger partial charge on any atom is 0.339 e. The maximum atomic E-state index is 12.2. The zero-order chi connectivity index (χ0) is 17.6. The average molecular weight is 355 g/mol. The van der Waals surface area contributed by atoms with Crippen LogP contribution in [0.15, 0.2) is 64.0 Å². The zero-order valence-corrected chi connectivity index (χ0v) is 14.7.